The van der Waals surface area contributed by atoms with Crippen LogP contribution >= 0.6 is 15.9 Å². The number of rotatable bonds is 4. The van der Waals surface area contributed by atoms with E-state index < -0.39 is 0 Å². The van der Waals surface area contributed by atoms with Gasteiger partial charge in [0.25, 0.3) is 0 Å². The Morgan fingerprint density at radius 2 is 2.15 bits per heavy atom. The number of amides is 1. The van der Waals surface area contributed by atoms with E-state index in [4.69, 9.17) is 0 Å². The first-order valence-corrected chi connectivity index (χ1v) is 8.00. The molecule has 0 saturated carbocycles. The molecule has 2 atom stereocenters. The zero-order valence-corrected chi connectivity index (χ0v) is 13.7. The largest absolute Gasteiger partial charge is 0.309 e. The summed E-state index contributed by atoms with van der Waals surface area (Å²) in [6.45, 7) is 5.90. The molecular formula is C16H20BrNO2. The third kappa shape index (κ3) is 2.80. The highest BCUT2D eigenvalue weighted by Crippen LogP contribution is 2.34. The number of hydrogen-bond donors (Lipinski definition) is 0. The first-order valence-electron chi connectivity index (χ1n) is 7.09. The Hall–Kier alpha value is -1.16. The lowest BCUT2D eigenvalue weighted by Gasteiger charge is -2.22. The minimum atomic E-state index is -0.183. The van der Waals surface area contributed by atoms with Crippen molar-refractivity contribution in [1.82, 2.24) is 0 Å². The van der Waals surface area contributed by atoms with E-state index in [1.54, 1.807) is 0 Å². The number of benzene rings is 1. The highest BCUT2D eigenvalue weighted by atomic mass is 79.9. The molecule has 2 unspecified atom stereocenters. The first kappa shape index (κ1) is 15.2. The van der Waals surface area contributed by atoms with Crippen molar-refractivity contribution >= 4 is 33.3 Å². The fourth-order valence-corrected chi connectivity index (χ4v) is 2.99. The summed E-state index contributed by atoms with van der Waals surface area (Å²) in [6.07, 6.45) is 2.25. The van der Waals surface area contributed by atoms with E-state index in [2.05, 4.69) is 22.9 Å². The van der Waals surface area contributed by atoms with Crippen LogP contribution in [0.15, 0.2) is 18.2 Å². The van der Waals surface area contributed by atoms with Crippen molar-refractivity contribution < 1.29 is 9.59 Å². The van der Waals surface area contributed by atoms with Crippen LogP contribution < -0.4 is 4.90 Å². The van der Waals surface area contributed by atoms with Gasteiger partial charge < -0.3 is 4.90 Å². The molecule has 1 heterocycles. The second-order valence-corrected chi connectivity index (χ2v) is 6.76. The number of nitrogens with zero attached hydrogens (tertiary/aromatic N) is 1. The lowest BCUT2D eigenvalue weighted by atomic mass is 10.0. The molecule has 0 saturated heterocycles. The zero-order valence-electron chi connectivity index (χ0n) is 12.1. The Morgan fingerprint density at radius 3 is 2.75 bits per heavy atom. The van der Waals surface area contributed by atoms with Crippen LogP contribution in [-0.4, -0.2) is 22.6 Å². The molecule has 2 rings (SSSR count). The van der Waals surface area contributed by atoms with Gasteiger partial charge in [-0.2, -0.15) is 0 Å². The Balaban J connectivity index is 2.32. The number of hydrogen-bond acceptors (Lipinski definition) is 2. The van der Waals surface area contributed by atoms with E-state index in [1.165, 1.54) is 0 Å². The van der Waals surface area contributed by atoms with Crippen molar-refractivity contribution in [2.24, 2.45) is 0 Å². The highest BCUT2D eigenvalue weighted by molar-refractivity contribution is 9.10. The Morgan fingerprint density at radius 1 is 1.45 bits per heavy atom. The average Bonchev–Trinajstić information content (AvgIpc) is 2.72. The third-order valence-corrected chi connectivity index (χ3v) is 4.09. The number of halogens is 1. The van der Waals surface area contributed by atoms with Crippen LogP contribution in [0.3, 0.4) is 0 Å². The molecule has 20 heavy (non-hydrogen) atoms. The number of ketones is 1. The standard InChI is InChI=1S/C16H20BrNO2/c1-4-5-15(19)18-10(2)8-13-9-12(6-7-14(13)18)16(20)11(3)17/h6-7,9-11H,4-5,8H2,1-3H3. The predicted octanol–water partition coefficient (Wildman–Crippen LogP) is 3.73. The monoisotopic (exact) mass is 337 g/mol. The summed E-state index contributed by atoms with van der Waals surface area (Å²) in [7, 11) is 0. The Bertz CT molecular complexity index is 539. The van der Waals surface area contributed by atoms with Crippen LogP contribution in [0.2, 0.25) is 0 Å². The lowest BCUT2D eigenvalue weighted by molar-refractivity contribution is -0.118. The fourth-order valence-electron chi connectivity index (χ4n) is 2.73. The van der Waals surface area contributed by atoms with E-state index in [0.29, 0.717) is 12.0 Å². The maximum absolute atomic E-state index is 12.2. The molecule has 0 fully saturated rings. The van der Waals surface area contributed by atoms with Gasteiger partial charge in [0.1, 0.15) is 0 Å². The molecule has 1 aliphatic heterocycles. The second kappa shape index (κ2) is 6.08. The quantitative estimate of drug-likeness (QED) is 0.620. The van der Waals surface area contributed by atoms with Gasteiger partial charge in [0, 0.05) is 23.7 Å². The molecule has 1 aromatic rings. The van der Waals surface area contributed by atoms with Crippen LogP contribution in [-0.2, 0) is 11.2 Å². The van der Waals surface area contributed by atoms with Crippen molar-refractivity contribution in [1.29, 1.82) is 0 Å². The molecule has 4 heteroatoms. The topological polar surface area (TPSA) is 37.4 Å². The summed E-state index contributed by atoms with van der Waals surface area (Å²) >= 11 is 3.31. The maximum atomic E-state index is 12.2. The smallest absolute Gasteiger partial charge is 0.227 e. The summed E-state index contributed by atoms with van der Waals surface area (Å²) in [4.78, 5) is 25.9. The van der Waals surface area contributed by atoms with Gasteiger partial charge in [-0.05, 0) is 50.5 Å². The van der Waals surface area contributed by atoms with E-state index in [-0.39, 0.29) is 22.6 Å². The molecule has 3 nitrogen and oxygen atoms in total. The van der Waals surface area contributed by atoms with Crippen LogP contribution in [0, 0.1) is 0 Å². The highest BCUT2D eigenvalue weighted by Gasteiger charge is 2.30. The predicted molar refractivity (Wildman–Crippen MR) is 84.7 cm³/mol. The number of anilines is 1. The van der Waals surface area contributed by atoms with Gasteiger partial charge in [0.2, 0.25) is 5.91 Å². The summed E-state index contributed by atoms with van der Waals surface area (Å²) in [5.74, 6) is 0.255. The van der Waals surface area contributed by atoms with Gasteiger partial charge in [0.15, 0.2) is 5.78 Å². The molecule has 0 aliphatic carbocycles. The molecule has 0 bridgehead atoms. The number of carbonyl (C=O) groups excluding carboxylic acids is 2. The molecule has 0 spiro atoms. The molecule has 0 aromatic heterocycles. The van der Waals surface area contributed by atoms with E-state index in [1.807, 2.05) is 36.9 Å². The molecular weight excluding hydrogens is 318 g/mol. The van der Waals surface area contributed by atoms with Crippen LogP contribution in [0.5, 0.6) is 0 Å². The first-order chi connectivity index (χ1) is 9.45. The van der Waals surface area contributed by atoms with Crippen LogP contribution in [0.25, 0.3) is 0 Å². The minimum Gasteiger partial charge on any atom is -0.309 e. The van der Waals surface area contributed by atoms with Crippen molar-refractivity contribution in [2.75, 3.05) is 4.90 Å². The van der Waals surface area contributed by atoms with Crippen molar-refractivity contribution in [3.05, 3.63) is 29.3 Å². The Kier molecular flexibility index (Phi) is 4.63. The molecule has 0 radical (unpaired) electrons. The summed E-state index contributed by atoms with van der Waals surface area (Å²) < 4.78 is 0. The van der Waals surface area contributed by atoms with Crippen molar-refractivity contribution in [2.45, 2.75) is 50.9 Å². The fraction of sp³-hybridized carbons (Fsp3) is 0.500. The van der Waals surface area contributed by atoms with E-state index >= 15 is 0 Å². The lowest BCUT2D eigenvalue weighted by Crippen LogP contribution is -2.35. The summed E-state index contributed by atoms with van der Waals surface area (Å²) in [6, 6.07) is 5.85. The normalized spacial score (nSPS) is 18.8. The van der Waals surface area contributed by atoms with Gasteiger partial charge in [0.05, 0.1) is 4.83 Å². The number of Topliss-reactive ketones (excluding diaryl/α,β-unsaturated/α-hetero) is 1. The van der Waals surface area contributed by atoms with Gasteiger partial charge in [-0.1, -0.05) is 22.9 Å². The number of alkyl halides is 1. The van der Waals surface area contributed by atoms with Gasteiger partial charge in [-0.3, -0.25) is 9.59 Å². The summed E-state index contributed by atoms with van der Waals surface area (Å²) in [5, 5.41) is 0. The average molecular weight is 338 g/mol. The van der Waals surface area contributed by atoms with E-state index in [0.717, 1.165) is 24.1 Å². The van der Waals surface area contributed by atoms with Crippen LogP contribution in [0.1, 0.15) is 49.5 Å². The van der Waals surface area contributed by atoms with E-state index in [9.17, 15) is 9.59 Å². The third-order valence-electron chi connectivity index (χ3n) is 3.67. The molecule has 1 amide bonds. The second-order valence-electron chi connectivity index (χ2n) is 5.39. The summed E-state index contributed by atoms with van der Waals surface area (Å²) in [5.41, 5.74) is 2.78. The van der Waals surface area contributed by atoms with Crippen LogP contribution in [0.4, 0.5) is 5.69 Å². The van der Waals surface area contributed by atoms with Gasteiger partial charge >= 0.3 is 0 Å². The van der Waals surface area contributed by atoms with Crippen molar-refractivity contribution in [3.63, 3.8) is 0 Å². The maximum Gasteiger partial charge on any atom is 0.227 e. The molecule has 1 aromatic carbocycles. The molecule has 0 N–H and O–H groups in total. The minimum absolute atomic E-state index is 0.0822. The SMILES string of the molecule is CCCC(=O)N1c2ccc(C(=O)C(C)Br)cc2CC1C. The number of fused-ring (bicyclic) bond motifs is 1. The van der Waals surface area contributed by atoms with Gasteiger partial charge in [-0.25, -0.2) is 0 Å². The van der Waals surface area contributed by atoms with Gasteiger partial charge in [-0.15, -0.1) is 0 Å². The molecule has 108 valence electrons. The molecule has 1 aliphatic rings. The Labute approximate surface area is 128 Å². The number of carbonyl (C=O) groups is 2. The van der Waals surface area contributed by atoms with Crippen molar-refractivity contribution in [3.8, 4) is 0 Å². The zero-order chi connectivity index (χ0) is 14.9.